The Bertz CT molecular complexity index is 1030. The van der Waals surface area contributed by atoms with Gasteiger partial charge in [0.25, 0.3) is 0 Å². The van der Waals surface area contributed by atoms with Crippen molar-refractivity contribution in [3.63, 3.8) is 0 Å². The van der Waals surface area contributed by atoms with Gasteiger partial charge in [-0.25, -0.2) is 14.6 Å². The van der Waals surface area contributed by atoms with Gasteiger partial charge in [-0.15, -0.1) is 5.10 Å². The lowest BCUT2D eigenvalue weighted by atomic mass is 10.2. The predicted molar refractivity (Wildman–Crippen MR) is 98.1 cm³/mol. The summed E-state index contributed by atoms with van der Waals surface area (Å²) in [7, 11) is 0. The van der Waals surface area contributed by atoms with Gasteiger partial charge >= 0.3 is 0 Å². The maximum absolute atomic E-state index is 6.24. The fraction of sp³-hybridized carbons (Fsp3) is 0.111. The summed E-state index contributed by atoms with van der Waals surface area (Å²) in [5, 5.41) is 12.4. The Kier molecular flexibility index (Phi) is 4.03. The highest BCUT2D eigenvalue weighted by Crippen LogP contribution is 2.22. The maximum atomic E-state index is 6.24. The van der Waals surface area contributed by atoms with Crippen LogP contribution in [0.1, 0.15) is 11.1 Å². The summed E-state index contributed by atoms with van der Waals surface area (Å²) >= 11 is 6.24. The van der Waals surface area contributed by atoms with Crippen LogP contribution in [0.15, 0.2) is 54.9 Å². The van der Waals surface area contributed by atoms with Crippen LogP contribution in [0.4, 0.5) is 11.5 Å². The van der Waals surface area contributed by atoms with Crippen LogP contribution in [-0.2, 0) is 6.54 Å². The van der Waals surface area contributed by atoms with E-state index in [-0.39, 0.29) is 0 Å². The third-order valence-electron chi connectivity index (χ3n) is 3.89. The molecule has 4 aromatic rings. The summed E-state index contributed by atoms with van der Waals surface area (Å²) in [5.41, 5.74) is 4.37. The highest BCUT2D eigenvalue weighted by molar-refractivity contribution is 6.31. The molecule has 0 amide bonds. The number of nitrogens with one attached hydrogen (secondary N) is 1. The quantitative estimate of drug-likeness (QED) is 0.603. The Balaban J connectivity index is 1.68. The van der Waals surface area contributed by atoms with Crippen LogP contribution >= 0.6 is 11.6 Å². The Morgan fingerprint density at radius 2 is 1.84 bits per heavy atom. The summed E-state index contributed by atoms with van der Waals surface area (Å²) in [6, 6.07) is 15.7. The zero-order chi connectivity index (χ0) is 17.2. The summed E-state index contributed by atoms with van der Waals surface area (Å²) in [5.74, 6) is 0.624. The van der Waals surface area contributed by atoms with E-state index in [2.05, 4.69) is 25.6 Å². The second kappa shape index (κ2) is 6.49. The first kappa shape index (κ1) is 15.5. The largest absolute Gasteiger partial charge is 0.338 e. The second-order valence-electron chi connectivity index (χ2n) is 5.72. The van der Waals surface area contributed by atoms with Crippen molar-refractivity contribution in [2.24, 2.45) is 0 Å². The molecule has 0 bridgehead atoms. The van der Waals surface area contributed by atoms with Gasteiger partial charge in [-0.3, -0.25) is 0 Å². The molecule has 25 heavy (non-hydrogen) atoms. The van der Waals surface area contributed by atoms with E-state index in [0.29, 0.717) is 28.5 Å². The molecule has 0 saturated heterocycles. The molecule has 6 nitrogen and oxygen atoms in total. The van der Waals surface area contributed by atoms with Crippen molar-refractivity contribution in [3.8, 4) is 0 Å². The monoisotopic (exact) mass is 350 g/mol. The van der Waals surface area contributed by atoms with E-state index >= 15 is 0 Å². The van der Waals surface area contributed by atoms with Gasteiger partial charge in [-0.2, -0.15) is 0 Å². The van der Waals surface area contributed by atoms with Crippen LogP contribution < -0.4 is 5.32 Å². The number of aromatic nitrogens is 5. The minimum Gasteiger partial charge on any atom is -0.338 e. The third-order valence-corrected chi connectivity index (χ3v) is 4.26. The summed E-state index contributed by atoms with van der Waals surface area (Å²) in [4.78, 5) is 8.63. The Labute approximate surface area is 149 Å². The molecular formula is C18H15ClN6. The van der Waals surface area contributed by atoms with E-state index in [4.69, 9.17) is 11.6 Å². The molecular weight excluding hydrogens is 336 g/mol. The van der Waals surface area contributed by atoms with E-state index in [0.717, 1.165) is 11.3 Å². The number of fused-ring (bicyclic) bond motifs is 1. The smallest absolute Gasteiger partial charge is 0.184 e. The van der Waals surface area contributed by atoms with Gasteiger partial charge in [-0.1, -0.05) is 52.7 Å². The SMILES string of the molecule is Cc1ccc(Nc2ncnc3c2nnn3Cc2ccccc2Cl)cc1. The van der Waals surface area contributed by atoms with Crippen molar-refractivity contribution >= 4 is 34.3 Å². The van der Waals surface area contributed by atoms with Crippen LogP contribution in [0.2, 0.25) is 5.02 Å². The van der Waals surface area contributed by atoms with E-state index < -0.39 is 0 Å². The lowest BCUT2D eigenvalue weighted by Gasteiger charge is -2.07. The molecule has 0 atom stereocenters. The van der Waals surface area contributed by atoms with E-state index in [1.54, 1.807) is 4.68 Å². The molecule has 0 aliphatic rings. The van der Waals surface area contributed by atoms with Crippen molar-refractivity contribution in [1.82, 2.24) is 25.0 Å². The average molecular weight is 351 g/mol. The molecule has 2 aromatic heterocycles. The average Bonchev–Trinajstić information content (AvgIpc) is 3.03. The van der Waals surface area contributed by atoms with Crippen LogP contribution in [0.5, 0.6) is 0 Å². The minimum absolute atomic E-state index is 0.497. The molecule has 0 unspecified atom stereocenters. The Morgan fingerprint density at radius 3 is 2.64 bits per heavy atom. The van der Waals surface area contributed by atoms with Gasteiger partial charge in [-0.05, 0) is 30.7 Å². The van der Waals surface area contributed by atoms with Crippen LogP contribution in [0.3, 0.4) is 0 Å². The molecule has 2 heterocycles. The molecule has 0 aliphatic heterocycles. The van der Waals surface area contributed by atoms with Crippen molar-refractivity contribution in [1.29, 1.82) is 0 Å². The van der Waals surface area contributed by atoms with Crippen LogP contribution in [0.25, 0.3) is 11.2 Å². The normalized spacial score (nSPS) is 11.0. The standard InChI is InChI=1S/C18H15ClN6/c1-12-6-8-14(9-7-12)22-17-16-18(21-11-20-17)25(24-23-16)10-13-4-2-3-5-15(13)19/h2-9,11H,10H2,1H3,(H,20,21,22). The fourth-order valence-corrected chi connectivity index (χ4v) is 2.75. The highest BCUT2D eigenvalue weighted by atomic mass is 35.5. The third kappa shape index (κ3) is 3.16. The topological polar surface area (TPSA) is 68.5 Å². The molecule has 4 rings (SSSR count). The van der Waals surface area contributed by atoms with Crippen LogP contribution in [-0.4, -0.2) is 25.0 Å². The number of halogens is 1. The zero-order valence-electron chi connectivity index (χ0n) is 13.5. The van der Waals surface area contributed by atoms with E-state index in [1.807, 2.05) is 55.5 Å². The van der Waals surface area contributed by atoms with Gasteiger partial charge in [0.15, 0.2) is 17.0 Å². The molecule has 0 spiro atoms. The number of nitrogens with zero attached hydrogens (tertiary/aromatic N) is 5. The first-order valence-corrected chi connectivity index (χ1v) is 8.20. The summed E-state index contributed by atoms with van der Waals surface area (Å²) < 4.78 is 1.72. The van der Waals surface area contributed by atoms with E-state index in [9.17, 15) is 0 Å². The lowest BCUT2D eigenvalue weighted by Crippen LogP contribution is -2.04. The number of rotatable bonds is 4. The molecule has 0 fully saturated rings. The Hall–Kier alpha value is -2.99. The summed E-state index contributed by atoms with van der Waals surface area (Å²) in [6.45, 7) is 2.55. The van der Waals surface area contributed by atoms with Crippen molar-refractivity contribution in [2.45, 2.75) is 13.5 Å². The number of anilines is 2. The molecule has 2 aromatic carbocycles. The van der Waals surface area contributed by atoms with Crippen LogP contribution in [0, 0.1) is 6.92 Å². The Morgan fingerprint density at radius 1 is 1.04 bits per heavy atom. The zero-order valence-corrected chi connectivity index (χ0v) is 14.3. The number of hydrogen-bond donors (Lipinski definition) is 1. The molecule has 124 valence electrons. The van der Waals surface area contributed by atoms with Crippen molar-refractivity contribution < 1.29 is 0 Å². The van der Waals surface area contributed by atoms with Crippen molar-refractivity contribution in [3.05, 3.63) is 71.0 Å². The number of aryl methyl sites for hydroxylation is 1. The molecule has 0 aliphatic carbocycles. The second-order valence-corrected chi connectivity index (χ2v) is 6.13. The van der Waals surface area contributed by atoms with Gasteiger partial charge in [0.2, 0.25) is 0 Å². The predicted octanol–water partition coefficient (Wildman–Crippen LogP) is 3.98. The van der Waals surface area contributed by atoms with E-state index in [1.165, 1.54) is 11.9 Å². The van der Waals surface area contributed by atoms with Gasteiger partial charge in [0.05, 0.1) is 6.54 Å². The first-order chi connectivity index (χ1) is 12.2. The highest BCUT2D eigenvalue weighted by Gasteiger charge is 2.13. The number of benzene rings is 2. The van der Waals surface area contributed by atoms with Gasteiger partial charge in [0.1, 0.15) is 6.33 Å². The molecule has 0 saturated carbocycles. The molecule has 1 N–H and O–H groups in total. The summed E-state index contributed by atoms with van der Waals surface area (Å²) in [6.07, 6.45) is 1.51. The number of hydrogen-bond acceptors (Lipinski definition) is 5. The first-order valence-electron chi connectivity index (χ1n) is 7.82. The van der Waals surface area contributed by atoms with Gasteiger partial charge in [0, 0.05) is 10.7 Å². The molecule has 0 radical (unpaired) electrons. The minimum atomic E-state index is 0.497. The fourth-order valence-electron chi connectivity index (χ4n) is 2.55. The van der Waals surface area contributed by atoms with Crippen molar-refractivity contribution in [2.75, 3.05) is 5.32 Å². The van der Waals surface area contributed by atoms with Gasteiger partial charge < -0.3 is 5.32 Å². The lowest BCUT2D eigenvalue weighted by molar-refractivity contribution is 0.664. The maximum Gasteiger partial charge on any atom is 0.184 e. The molecule has 7 heteroatoms.